The van der Waals surface area contributed by atoms with E-state index in [-0.39, 0.29) is 11.8 Å². The van der Waals surface area contributed by atoms with Crippen molar-refractivity contribution < 1.29 is 19.1 Å². The van der Waals surface area contributed by atoms with Crippen molar-refractivity contribution in [1.29, 1.82) is 0 Å². The van der Waals surface area contributed by atoms with E-state index in [1.165, 1.54) is 0 Å². The van der Waals surface area contributed by atoms with Gasteiger partial charge in [-0.25, -0.2) is 4.79 Å². The van der Waals surface area contributed by atoms with Crippen LogP contribution in [-0.2, 0) is 14.3 Å². The van der Waals surface area contributed by atoms with Crippen LogP contribution < -0.4 is 10.6 Å². The first-order valence-corrected chi connectivity index (χ1v) is 14.5. The maximum atomic E-state index is 14.2. The van der Waals surface area contributed by atoms with Crippen molar-refractivity contribution in [3.05, 3.63) is 64.2 Å². The van der Waals surface area contributed by atoms with Gasteiger partial charge in [0.05, 0.1) is 0 Å². The Kier molecular flexibility index (Phi) is 12.2. The number of alkyl carbamates (subject to hydrolysis) is 1. The molecular weight excluding hydrogens is 502 g/mol. The van der Waals surface area contributed by atoms with Crippen molar-refractivity contribution >= 4 is 23.6 Å². The molecule has 7 heteroatoms. The molecule has 40 heavy (non-hydrogen) atoms. The highest BCUT2D eigenvalue weighted by Gasteiger charge is 2.36. The SMILES string of the molecule is CCCCCCCN(C(=O)C(C)NC(=O)OC(C)(C)C)C(C(=O)Nc1c(C)cccc1C)c1c(C)cccc1C. The lowest BCUT2D eigenvalue weighted by molar-refractivity contribution is -0.140. The molecule has 7 nitrogen and oxygen atoms in total. The van der Waals surface area contributed by atoms with E-state index in [9.17, 15) is 14.4 Å². The summed E-state index contributed by atoms with van der Waals surface area (Å²) < 4.78 is 5.40. The lowest BCUT2D eigenvalue weighted by Crippen LogP contribution is -2.51. The number of anilines is 1. The second-order valence-corrected chi connectivity index (χ2v) is 11.8. The van der Waals surface area contributed by atoms with Gasteiger partial charge in [-0.15, -0.1) is 0 Å². The summed E-state index contributed by atoms with van der Waals surface area (Å²) >= 11 is 0. The van der Waals surface area contributed by atoms with Gasteiger partial charge in [0.25, 0.3) is 5.91 Å². The van der Waals surface area contributed by atoms with Crippen molar-refractivity contribution in [3.8, 4) is 0 Å². The third-order valence-corrected chi connectivity index (χ3v) is 6.99. The summed E-state index contributed by atoms with van der Waals surface area (Å²) in [5.74, 6) is -0.605. The number of carbonyl (C=O) groups excluding carboxylic acids is 3. The number of ether oxygens (including phenoxy) is 1. The fourth-order valence-electron chi connectivity index (χ4n) is 4.94. The van der Waals surface area contributed by atoms with E-state index in [0.29, 0.717) is 6.54 Å². The predicted octanol–water partition coefficient (Wildman–Crippen LogP) is 7.31. The van der Waals surface area contributed by atoms with Gasteiger partial charge in [0.2, 0.25) is 5.91 Å². The summed E-state index contributed by atoms with van der Waals surface area (Å²) in [6, 6.07) is 10.0. The van der Waals surface area contributed by atoms with Crippen molar-refractivity contribution in [2.45, 2.75) is 112 Å². The Hall–Kier alpha value is -3.35. The Morgan fingerprint density at radius 3 is 1.90 bits per heavy atom. The van der Waals surface area contributed by atoms with E-state index in [1.807, 2.05) is 64.1 Å². The number of amides is 3. The molecule has 0 bridgehead atoms. The molecule has 0 spiro atoms. The molecule has 0 aliphatic rings. The van der Waals surface area contributed by atoms with Crippen molar-refractivity contribution in [3.63, 3.8) is 0 Å². The Labute approximate surface area is 241 Å². The smallest absolute Gasteiger partial charge is 0.408 e. The van der Waals surface area contributed by atoms with Crippen LogP contribution in [0.1, 0.15) is 101 Å². The van der Waals surface area contributed by atoms with Gasteiger partial charge in [0.1, 0.15) is 17.7 Å². The van der Waals surface area contributed by atoms with E-state index >= 15 is 0 Å². The maximum Gasteiger partial charge on any atom is 0.408 e. The monoisotopic (exact) mass is 551 g/mol. The molecule has 2 atom stereocenters. The predicted molar refractivity (Wildman–Crippen MR) is 163 cm³/mol. The van der Waals surface area contributed by atoms with E-state index in [0.717, 1.165) is 65.6 Å². The molecule has 0 saturated heterocycles. The first kappa shape index (κ1) is 32.9. The van der Waals surface area contributed by atoms with Gasteiger partial charge in [-0.2, -0.15) is 0 Å². The van der Waals surface area contributed by atoms with Crippen LogP contribution in [0.3, 0.4) is 0 Å². The number of nitrogens with zero attached hydrogens (tertiary/aromatic N) is 1. The molecule has 2 N–H and O–H groups in total. The van der Waals surface area contributed by atoms with Gasteiger partial charge in [0.15, 0.2) is 0 Å². The van der Waals surface area contributed by atoms with E-state index in [4.69, 9.17) is 4.74 Å². The van der Waals surface area contributed by atoms with Gasteiger partial charge in [0, 0.05) is 12.2 Å². The molecule has 220 valence electrons. The van der Waals surface area contributed by atoms with Crippen LogP contribution in [0, 0.1) is 27.7 Å². The minimum Gasteiger partial charge on any atom is -0.444 e. The first-order valence-electron chi connectivity index (χ1n) is 14.5. The molecule has 0 aliphatic carbocycles. The summed E-state index contributed by atoms with van der Waals surface area (Å²) in [6.07, 6.45) is 4.33. The van der Waals surface area contributed by atoms with E-state index in [2.05, 4.69) is 17.6 Å². The Morgan fingerprint density at radius 1 is 0.850 bits per heavy atom. The number of hydrogen-bond acceptors (Lipinski definition) is 4. The number of unbranched alkanes of at least 4 members (excludes halogenated alkanes) is 4. The minimum atomic E-state index is -0.884. The number of carbonyl (C=O) groups is 3. The third-order valence-electron chi connectivity index (χ3n) is 6.99. The Balaban J connectivity index is 2.53. The fourth-order valence-corrected chi connectivity index (χ4v) is 4.94. The fraction of sp³-hybridized carbons (Fsp3) is 0.545. The Bertz CT molecular complexity index is 1130. The van der Waals surface area contributed by atoms with Crippen LogP contribution in [-0.4, -0.2) is 41.0 Å². The first-order chi connectivity index (χ1) is 18.8. The van der Waals surface area contributed by atoms with Crippen LogP contribution >= 0.6 is 0 Å². The zero-order valence-electron chi connectivity index (χ0n) is 25.9. The van der Waals surface area contributed by atoms with Gasteiger partial charge < -0.3 is 20.3 Å². The van der Waals surface area contributed by atoms with Gasteiger partial charge in [-0.3, -0.25) is 9.59 Å². The zero-order valence-corrected chi connectivity index (χ0v) is 25.9. The van der Waals surface area contributed by atoms with Crippen LogP contribution in [0.5, 0.6) is 0 Å². The second kappa shape index (κ2) is 14.9. The lowest BCUT2D eigenvalue weighted by Gasteiger charge is -2.35. The highest BCUT2D eigenvalue weighted by molar-refractivity contribution is 6.00. The summed E-state index contributed by atoms with van der Waals surface area (Å²) in [7, 11) is 0. The van der Waals surface area contributed by atoms with E-state index < -0.39 is 23.8 Å². The summed E-state index contributed by atoms with van der Waals surface area (Å²) in [6.45, 7) is 17.4. The highest BCUT2D eigenvalue weighted by atomic mass is 16.6. The van der Waals surface area contributed by atoms with Crippen LogP contribution in [0.4, 0.5) is 10.5 Å². The molecule has 0 heterocycles. The number of hydrogen-bond donors (Lipinski definition) is 2. The average molecular weight is 552 g/mol. The number of para-hydroxylation sites is 1. The molecule has 3 amide bonds. The summed E-state index contributed by atoms with van der Waals surface area (Å²) in [5, 5.41) is 5.83. The molecular formula is C33H49N3O4. The molecule has 0 aliphatic heterocycles. The molecule has 2 rings (SSSR count). The third kappa shape index (κ3) is 9.39. The van der Waals surface area contributed by atoms with Crippen LogP contribution in [0.25, 0.3) is 0 Å². The highest BCUT2D eigenvalue weighted by Crippen LogP contribution is 2.31. The lowest BCUT2D eigenvalue weighted by atomic mass is 9.93. The Morgan fingerprint density at radius 2 is 1.38 bits per heavy atom. The van der Waals surface area contributed by atoms with Crippen LogP contribution in [0.15, 0.2) is 36.4 Å². The summed E-state index contributed by atoms with van der Waals surface area (Å²) in [4.78, 5) is 42.5. The van der Waals surface area contributed by atoms with Gasteiger partial charge >= 0.3 is 6.09 Å². The van der Waals surface area contributed by atoms with Gasteiger partial charge in [-0.1, -0.05) is 69.0 Å². The minimum absolute atomic E-state index is 0.277. The molecule has 2 aromatic carbocycles. The number of aryl methyl sites for hydroxylation is 4. The standard InChI is InChI=1S/C33H49N3O4/c1-10-11-12-13-14-21-36(31(38)26(6)34-32(39)40-33(7,8)9)29(27-22(2)17-15-18-23(27)3)30(37)35-28-24(4)19-16-20-25(28)5/h15-20,26,29H,10-14,21H2,1-9H3,(H,34,39)(H,35,37). The van der Waals surface area contributed by atoms with Crippen LogP contribution in [0.2, 0.25) is 0 Å². The molecule has 0 aromatic heterocycles. The second-order valence-electron chi connectivity index (χ2n) is 11.8. The number of rotatable bonds is 12. The molecule has 2 unspecified atom stereocenters. The molecule has 2 aromatic rings. The molecule has 0 saturated carbocycles. The van der Waals surface area contributed by atoms with Gasteiger partial charge in [-0.05, 0) is 89.6 Å². The van der Waals surface area contributed by atoms with E-state index in [1.54, 1.807) is 32.6 Å². The topological polar surface area (TPSA) is 87.7 Å². The number of nitrogens with one attached hydrogen (secondary N) is 2. The molecule has 0 fully saturated rings. The quantitative estimate of drug-likeness (QED) is 0.271. The normalized spacial score (nSPS) is 12.8. The molecule has 0 radical (unpaired) electrons. The van der Waals surface area contributed by atoms with Crippen molar-refractivity contribution in [2.75, 3.05) is 11.9 Å². The summed E-state index contributed by atoms with van der Waals surface area (Å²) in [5.41, 5.74) is 4.61. The number of benzene rings is 2. The zero-order chi connectivity index (χ0) is 30.0. The van der Waals surface area contributed by atoms with Crippen molar-refractivity contribution in [1.82, 2.24) is 10.2 Å². The largest absolute Gasteiger partial charge is 0.444 e. The maximum absolute atomic E-state index is 14.2. The van der Waals surface area contributed by atoms with Crippen molar-refractivity contribution in [2.24, 2.45) is 0 Å². The average Bonchev–Trinajstić information content (AvgIpc) is 2.85.